The second-order valence-electron chi connectivity index (χ2n) is 6.28. The van der Waals surface area contributed by atoms with Gasteiger partial charge in [-0.2, -0.15) is 0 Å². The number of ether oxygens (including phenoxy) is 1. The maximum Gasteiger partial charge on any atom is 0.318 e. The minimum atomic E-state index is -0.472. The zero-order valence-corrected chi connectivity index (χ0v) is 14.8. The van der Waals surface area contributed by atoms with Crippen LogP contribution in [-0.4, -0.2) is 11.8 Å². The van der Waals surface area contributed by atoms with Crippen molar-refractivity contribution in [3.8, 4) is 5.75 Å². The number of hydrogen-bond donors (Lipinski definition) is 0. The van der Waals surface area contributed by atoms with Gasteiger partial charge >= 0.3 is 5.97 Å². The van der Waals surface area contributed by atoms with Crippen LogP contribution in [0.3, 0.4) is 0 Å². The molecule has 0 aromatic heterocycles. The van der Waals surface area contributed by atoms with Gasteiger partial charge in [0.2, 0.25) is 0 Å². The number of hydrogen-bond acceptors (Lipinski definition) is 3. The van der Waals surface area contributed by atoms with Gasteiger partial charge in [-0.1, -0.05) is 66.2 Å². The van der Waals surface area contributed by atoms with Crippen molar-refractivity contribution < 1.29 is 14.3 Å². The van der Waals surface area contributed by atoms with Crippen LogP contribution < -0.4 is 4.74 Å². The summed E-state index contributed by atoms with van der Waals surface area (Å²) in [6, 6.07) is 23.6. The van der Waals surface area contributed by atoms with Crippen molar-refractivity contribution >= 4 is 11.8 Å². The van der Waals surface area contributed by atoms with Crippen molar-refractivity contribution in [2.45, 2.75) is 19.8 Å². The lowest BCUT2D eigenvalue weighted by molar-refractivity contribution is -0.135. The molecule has 3 rings (SSSR count). The summed E-state index contributed by atoms with van der Waals surface area (Å²) < 4.78 is 5.45. The molecule has 0 fully saturated rings. The first-order valence-corrected chi connectivity index (χ1v) is 8.52. The van der Waals surface area contributed by atoms with E-state index in [1.165, 1.54) is 0 Å². The number of carbonyl (C=O) groups excluding carboxylic acids is 2. The van der Waals surface area contributed by atoms with E-state index < -0.39 is 5.92 Å². The average molecular weight is 344 g/mol. The predicted octanol–water partition coefficient (Wildman–Crippen LogP) is 4.94. The van der Waals surface area contributed by atoms with Crippen molar-refractivity contribution in [3.63, 3.8) is 0 Å². The van der Waals surface area contributed by atoms with E-state index in [2.05, 4.69) is 0 Å². The van der Waals surface area contributed by atoms with Gasteiger partial charge in [0.05, 0.1) is 5.92 Å². The number of ketones is 1. The molecule has 0 spiro atoms. The maximum absolute atomic E-state index is 12.6. The Morgan fingerprint density at radius 2 is 1.46 bits per heavy atom. The van der Waals surface area contributed by atoms with Crippen LogP contribution in [0, 0.1) is 6.92 Å². The molecular formula is C23H20O3. The molecule has 0 aliphatic carbocycles. The van der Waals surface area contributed by atoms with E-state index in [4.69, 9.17) is 4.74 Å². The summed E-state index contributed by atoms with van der Waals surface area (Å²) in [5, 5.41) is 0. The topological polar surface area (TPSA) is 43.4 Å². The predicted molar refractivity (Wildman–Crippen MR) is 102 cm³/mol. The Balaban J connectivity index is 1.77. The summed E-state index contributed by atoms with van der Waals surface area (Å²) in [5.74, 6) is -0.367. The SMILES string of the molecule is Cc1ccc(OC(=O)[C@@H](C)c2cccc(C(=O)c3ccccc3)c2)cc1. The third-order valence-electron chi connectivity index (χ3n) is 4.28. The molecule has 0 N–H and O–H groups in total. The fourth-order valence-electron chi connectivity index (χ4n) is 2.65. The highest BCUT2D eigenvalue weighted by Crippen LogP contribution is 2.22. The lowest BCUT2D eigenvalue weighted by atomic mass is 9.96. The average Bonchev–Trinajstić information content (AvgIpc) is 2.69. The van der Waals surface area contributed by atoms with E-state index in [0.29, 0.717) is 16.9 Å². The number of carbonyl (C=O) groups is 2. The van der Waals surface area contributed by atoms with Crippen LogP contribution in [0.2, 0.25) is 0 Å². The second kappa shape index (κ2) is 7.79. The van der Waals surface area contributed by atoms with Crippen LogP contribution in [0.15, 0.2) is 78.9 Å². The third kappa shape index (κ3) is 4.06. The van der Waals surface area contributed by atoms with Gasteiger partial charge in [-0.25, -0.2) is 0 Å². The number of esters is 1. The van der Waals surface area contributed by atoms with Gasteiger partial charge in [-0.15, -0.1) is 0 Å². The van der Waals surface area contributed by atoms with Gasteiger partial charge in [0, 0.05) is 11.1 Å². The molecule has 3 nitrogen and oxygen atoms in total. The van der Waals surface area contributed by atoms with E-state index in [1.807, 2.05) is 43.3 Å². The molecule has 26 heavy (non-hydrogen) atoms. The monoisotopic (exact) mass is 344 g/mol. The summed E-state index contributed by atoms with van der Waals surface area (Å²) >= 11 is 0. The molecule has 3 heteroatoms. The molecule has 0 radical (unpaired) electrons. The molecule has 0 saturated carbocycles. The Morgan fingerprint density at radius 3 is 2.15 bits per heavy atom. The molecule has 0 bridgehead atoms. The Labute approximate surface area is 153 Å². The highest BCUT2D eigenvalue weighted by molar-refractivity contribution is 6.09. The lowest BCUT2D eigenvalue weighted by Gasteiger charge is -2.13. The van der Waals surface area contributed by atoms with Crippen molar-refractivity contribution in [2.75, 3.05) is 0 Å². The highest BCUT2D eigenvalue weighted by Gasteiger charge is 2.19. The molecule has 3 aromatic rings. The van der Waals surface area contributed by atoms with Crippen LogP contribution in [-0.2, 0) is 4.79 Å². The molecule has 0 unspecified atom stereocenters. The summed E-state index contributed by atoms with van der Waals surface area (Å²) in [6.07, 6.45) is 0. The molecule has 0 heterocycles. The first-order valence-electron chi connectivity index (χ1n) is 8.52. The fourth-order valence-corrected chi connectivity index (χ4v) is 2.65. The van der Waals surface area contributed by atoms with Crippen LogP contribution in [0.1, 0.15) is 39.9 Å². The third-order valence-corrected chi connectivity index (χ3v) is 4.28. The van der Waals surface area contributed by atoms with Crippen molar-refractivity contribution in [1.29, 1.82) is 0 Å². The largest absolute Gasteiger partial charge is 0.426 e. The van der Waals surface area contributed by atoms with Gasteiger partial charge in [-0.05, 0) is 37.6 Å². The second-order valence-corrected chi connectivity index (χ2v) is 6.28. The lowest BCUT2D eigenvalue weighted by Crippen LogP contribution is -2.16. The van der Waals surface area contributed by atoms with Gasteiger partial charge in [0.1, 0.15) is 5.75 Å². The van der Waals surface area contributed by atoms with Crippen LogP contribution in [0.25, 0.3) is 0 Å². The van der Waals surface area contributed by atoms with Gasteiger partial charge < -0.3 is 4.74 Å². The summed E-state index contributed by atoms with van der Waals surface area (Å²) in [4.78, 5) is 25.0. The highest BCUT2D eigenvalue weighted by atomic mass is 16.5. The van der Waals surface area contributed by atoms with E-state index in [-0.39, 0.29) is 11.8 Å². The molecule has 0 saturated heterocycles. The molecule has 0 aliphatic heterocycles. The van der Waals surface area contributed by atoms with Crippen LogP contribution in [0.4, 0.5) is 0 Å². The van der Waals surface area contributed by atoms with Crippen LogP contribution in [0.5, 0.6) is 5.75 Å². The Hall–Kier alpha value is -3.20. The van der Waals surface area contributed by atoms with E-state index in [0.717, 1.165) is 11.1 Å². The number of rotatable bonds is 5. The summed E-state index contributed by atoms with van der Waals surface area (Å²) in [5.41, 5.74) is 3.04. The normalized spacial score (nSPS) is 11.6. The Kier molecular flexibility index (Phi) is 5.28. The Morgan fingerprint density at radius 1 is 0.808 bits per heavy atom. The fraction of sp³-hybridized carbons (Fsp3) is 0.130. The quantitative estimate of drug-likeness (QED) is 0.374. The van der Waals surface area contributed by atoms with Crippen molar-refractivity contribution in [1.82, 2.24) is 0 Å². The first-order chi connectivity index (χ1) is 12.5. The summed E-state index contributed by atoms with van der Waals surface area (Å²) in [7, 11) is 0. The minimum Gasteiger partial charge on any atom is -0.426 e. The number of benzene rings is 3. The minimum absolute atomic E-state index is 0.0634. The smallest absolute Gasteiger partial charge is 0.318 e. The van der Waals surface area contributed by atoms with Crippen LogP contribution >= 0.6 is 0 Å². The molecule has 0 aliphatic rings. The zero-order chi connectivity index (χ0) is 18.5. The summed E-state index contributed by atoms with van der Waals surface area (Å²) in [6.45, 7) is 3.76. The van der Waals surface area contributed by atoms with Crippen molar-refractivity contribution in [2.24, 2.45) is 0 Å². The molecular weight excluding hydrogens is 324 g/mol. The van der Waals surface area contributed by atoms with Gasteiger partial charge in [0.25, 0.3) is 0 Å². The van der Waals surface area contributed by atoms with E-state index in [9.17, 15) is 9.59 Å². The van der Waals surface area contributed by atoms with E-state index in [1.54, 1.807) is 49.4 Å². The standard InChI is InChI=1S/C23H20O3/c1-16-11-13-21(14-12-16)26-23(25)17(2)19-9-6-10-20(15-19)22(24)18-7-4-3-5-8-18/h3-15,17H,1-2H3/t17-/m0/s1. The molecule has 3 aromatic carbocycles. The molecule has 130 valence electrons. The molecule has 0 amide bonds. The first kappa shape index (κ1) is 17.6. The number of aryl methyl sites for hydroxylation is 1. The zero-order valence-electron chi connectivity index (χ0n) is 14.8. The van der Waals surface area contributed by atoms with Gasteiger partial charge in [-0.3, -0.25) is 9.59 Å². The van der Waals surface area contributed by atoms with E-state index >= 15 is 0 Å². The maximum atomic E-state index is 12.6. The van der Waals surface area contributed by atoms with Crippen molar-refractivity contribution in [3.05, 3.63) is 101 Å². The van der Waals surface area contributed by atoms with Gasteiger partial charge in [0.15, 0.2) is 5.78 Å². The molecule has 1 atom stereocenters. The Bertz CT molecular complexity index is 912.